The zero-order valence-electron chi connectivity index (χ0n) is 11.2. The van der Waals surface area contributed by atoms with Crippen LogP contribution >= 0.6 is 6.83 Å². The van der Waals surface area contributed by atoms with Gasteiger partial charge >= 0.3 is 120 Å². The fourth-order valence-corrected chi connectivity index (χ4v) is 7.25. The molecule has 108 valence electrons. The van der Waals surface area contributed by atoms with E-state index < -0.39 is 17.1 Å². The molecule has 0 spiro atoms. The van der Waals surface area contributed by atoms with Gasteiger partial charge in [0, 0.05) is 0 Å². The fraction of sp³-hybridized carbons (Fsp3) is 0.143. The summed E-state index contributed by atoms with van der Waals surface area (Å²) < 4.78 is 38.8. The number of halogens is 1. The summed E-state index contributed by atoms with van der Waals surface area (Å²) in [5.41, 5.74) is 0. The third kappa shape index (κ3) is 3.01. The quantitative estimate of drug-likeness (QED) is 0.698. The predicted octanol–water partition coefficient (Wildman–Crippen LogP) is -0.721. The molecule has 20 heavy (non-hydrogen) atoms. The van der Waals surface area contributed by atoms with E-state index in [1.54, 1.807) is 61.9 Å². The first-order valence-electron chi connectivity index (χ1n) is 5.96. The van der Waals surface area contributed by atoms with Crippen LogP contribution in [0.25, 0.3) is 0 Å². The molecule has 0 aliphatic carbocycles. The van der Waals surface area contributed by atoms with Crippen LogP contribution in [0, 0.1) is 10.2 Å². The Hall–Kier alpha value is -1.00. The maximum atomic E-state index is 11.2. The average molecular weight is 315 g/mol. The Morgan fingerprint density at radius 3 is 1.40 bits per heavy atom. The van der Waals surface area contributed by atoms with Crippen LogP contribution in [-0.4, -0.2) is 13.3 Å². The molecular weight excluding hydrogens is 299 g/mol. The van der Waals surface area contributed by atoms with E-state index in [-0.39, 0.29) is 0 Å². The average Bonchev–Trinajstić information content (AvgIpc) is 2.39. The first-order valence-corrected chi connectivity index (χ1v) is 10.2. The summed E-state index contributed by atoms with van der Waals surface area (Å²) in [4.78, 5) is 0. The summed E-state index contributed by atoms with van der Waals surface area (Å²) in [6.07, 6.45) is 0. The molecule has 0 radical (unpaired) electrons. The summed E-state index contributed by atoms with van der Waals surface area (Å²) in [7, 11) is -4.53. The summed E-state index contributed by atoms with van der Waals surface area (Å²) in [5, 5.41) is 1.41. The van der Waals surface area contributed by atoms with Gasteiger partial charge in [-0.05, 0) is 0 Å². The molecule has 0 heterocycles. The van der Waals surface area contributed by atoms with Crippen molar-refractivity contribution in [3.63, 3.8) is 0 Å². The standard InChI is InChI=1S/C14H16ClO4P/c1-20(2,19-15(16,17)18,13-9-5-3-6-10-13)14-11-7-4-8-12-14/h3-12H,1-2H3. The summed E-state index contributed by atoms with van der Waals surface area (Å²) in [6, 6.07) is 18.0. The monoisotopic (exact) mass is 314 g/mol. The van der Waals surface area contributed by atoms with Gasteiger partial charge < -0.3 is 0 Å². The van der Waals surface area contributed by atoms with E-state index in [9.17, 15) is 14.0 Å². The minimum absolute atomic E-state index is 0.705. The fourth-order valence-electron chi connectivity index (χ4n) is 2.21. The normalized spacial score (nSPS) is 14.6. The van der Waals surface area contributed by atoms with Gasteiger partial charge in [-0.15, -0.1) is 0 Å². The van der Waals surface area contributed by atoms with Gasteiger partial charge in [0.05, 0.1) is 0 Å². The Bertz CT molecular complexity index is 538. The molecule has 0 aliphatic rings. The Labute approximate surface area is 120 Å². The molecule has 4 nitrogen and oxygen atoms in total. The third-order valence-corrected chi connectivity index (χ3v) is 9.24. The van der Waals surface area contributed by atoms with Crippen LogP contribution in [0.1, 0.15) is 0 Å². The molecule has 2 aromatic rings. The molecule has 6 heteroatoms. The van der Waals surface area contributed by atoms with Gasteiger partial charge in [-0.2, -0.15) is 0 Å². The first kappa shape index (κ1) is 15.4. The topological polar surface area (TPSA) is 78.4 Å². The van der Waals surface area contributed by atoms with Gasteiger partial charge in [-0.1, -0.05) is 0 Å². The molecule has 0 aromatic heterocycles. The van der Waals surface area contributed by atoms with Gasteiger partial charge in [0.1, 0.15) is 0 Å². The zero-order valence-corrected chi connectivity index (χ0v) is 12.9. The van der Waals surface area contributed by atoms with E-state index in [0.29, 0.717) is 10.6 Å². The predicted molar refractivity (Wildman–Crippen MR) is 72.0 cm³/mol. The van der Waals surface area contributed by atoms with Gasteiger partial charge in [0.15, 0.2) is 0 Å². The van der Waals surface area contributed by atoms with Crippen molar-refractivity contribution in [2.75, 3.05) is 13.3 Å². The molecule has 0 saturated heterocycles. The second-order valence-corrected chi connectivity index (χ2v) is 11.5. The van der Waals surface area contributed by atoms with Crippen LogP contribution in [0.2, 0.25) is 0 Å². The number of hydrogen-bond acceptors (Lipinski definition) is 4. The summed E-state index contributed by atoms with van der Waals surface area (Å²) >= 11 is 0. The van der Waals surface area contributed by atoms with Gasteiger partial charge in [0.2, 0.25) is 0 Å². The number of benzene rings is 2. The van der Waals surface area contributed by atoms with Crippen molar-refractivity contribution in [3.8, 4) is 0 Å². The van der Waals surface area contributed by atoms with E-state index in [0.717, 1.165) is 0 Å². The Morgan fingerprint density at radius 2 is 1.10 bits per heavy atom. The van der Waals surface area contributed by atoms with Crippen molar-refractivity contribution in [1.29, 1.82) is 0 Å². The molecule has 0 amide bonds. The van der Waals surface area contributed by atoms with Crippen molar-refractivity contribution in [2.24, 2.45) is 0 Å². The Morgan fingerprint density at radius 1 is 0.750 bits per heavy atom. The van der Waals surface area contributed by atoms with Crippen molar-refractivity contribution in [2.45, 2.75) is 0 Å². The van der Waals surface area contributed by atoms with Crippen molar-refractivity contribution in [3.05, 3.63) is 60.7 Å². The van der Waals surface area contributed by atoms with Crippen LogP contribution < -0.4 is 24.6 Å². The van der Waals surface area contributed by atoms with E-state index in [1.165, 1.54) is 0 Å². The number of rotatable bonds is 4. The third-order valence-electron chi connectivity index (χ3n) is 3.31. The molecule has 2 aromatic carbocycles. The van der Waals surface area contributed by atoms with Crippen LogP contribution in [0.15, 0.2) is 60.7 Å². The van der Waals surface area contributed by atoms with Gasteiger partial charge in [-0.25, -0.2) is 0 Å². The van der Waals surface area contributed by atoms with E-state index in [2.05, 4.69) is 0 Å². The van der Waals surface area contributed by atoms with Gasteiger partial charge in [-0.3, -0.25) is 0 Å². The molecule has 0 aliphatic heterocycles. The molecule has 0 fully saturated rings. The second kappa shape index (κ2) is 5.08. The van der Waals surface area contributed by atoms with Crippen LogP contribution in [0.3, 0.4) is 0 Å². The van der Waals surface area contributed by atoms with Gasteiger partial charge in [0.25, 0.3) is 0 Å². The zero-order chi connectivity index (χ0) is 14.9. The SMILES string of the molecule is CP(C)(O[Cl+3]([O-])([O-])[O-])(c1ccccc1)c1ccccc1. The molecule has 0 unspecified atom stereocenters. The van der Waals surface area contributed by atoms with Crippen LogP contribution in [0.4, 0.5) is 0 Å². The molecule has 0 saturated carbocycles. The van der Waals surface area contributed by atoms with E-state index >= 15 is 0 Å². The van der Waals surface area contributed by atoms with Crippen molar-refractivity contribution in [1.82, 2.24) is 0 Å². The summed E-state index contributed by atoms with van der Waals surface area (Å²) in [5.74, 6) is 0. The number of hydrogen-bond donors (Lipinski definition) is 0. The first-order chi connectivity index (χ1) is 9.21. The van der Waals surface area contributed by atoms with Crippen LogP contribution in [-0.2, 0) is 4.08 Å². The van der Waals surface area contributed by atoms with Crippen LogP contribution in [0.5, 0.6) is 0 Å². The van der Waals surface area contributed by atoms with Crippen molar-refractivity contribution < 1.29 is 28.3 Å². The molecule has 0 atom stereocenters. The van der Waals surface area contributed by atoms with Crippen molar-refractivity contribution >= 4 is 17.4 Å². The summed E-state index contributed by atoms with van der Waals surface area (Å²) in [6.45, 7) is -0.128. The Balaban J connectivity index is 2.67. The molecule has 0 N–H and O–H groups in total. The second-order valence-electron chi connectivity index (χ2n) is 5.12. The minimum atomic E-state index is -4.53. The van der Waals surface area contributed by atoms with E-state index in [4.69, 9.17) is 4.08 Å². The van der Waals surface area contributed by atoms with E-state index in [1.807, 2.05) is 12.1 Å². The molecule has 0 bridgehead atoms. The molecular formula is C14H16ClO4P. The maximum absolute atomic E-state index is 11.2. The Kier molecular flexibility index (Phi) is 3.91. The molecule has 2 rings (SSSR count).